The SMILES string of the molecule is CC(C)N1CCCC(n2cnc3c2c(=O)n(C)c(=O)n3C)C1=O. The van der Waals surface area contributed by atoms with Crippen molar-refractivity contribution in [3.63, 3.8) is 0 Å². The number of aryl methyl sites for hydroxylation is 1. The van der Waals surface area contributed by atoms with Gasteiger partial charge in [-0.05, 0) is 26.7 Å². The molecule has 3 rings (SSSR count). The average Bonchev–Trinajstić information content (AvgIpc) is 2.95. The van der Waals surface area contributed by atoms with Crippen LogP contribution in [-0.2, 0) is 18.9 Å². The highest BCUT2D eigenvalue weighted by Crippen LogP contribution is 2.26. The number of carbonyl (C=O) groups excluding carboxylic acids is 1. The second-order valence-electron chi connectivity index (χ2n) is 6.31. The van der Waals surface area contributed by atoms with Gasteiger partial charge in [-0.1, -0.05) is 0 Å². The summed E-state index contributed by atoms with van der Waals surface area (Å²) in [6.45, 7) is 4.69. The highest BCUT2D eigenvalue weighted by atomic mass is 16.2. The second-order valence-corrected chi connectivity index (χ2v) is 6.31. The molecule has 1 unspecified atom stereocenters. The lowest BCUT2D eigenvalue weighted by molar-refractivity contribution is -0.139. The molecule has 23 heavy (non-hydrogen) atoms. The minimum Gasteiger partial charge on any atom is -0.338 e. The number of rotatable bonds is 2. The second kappa shape index (κ2) is 5.36. The Balaban J connectivity index is 2.20. The molecule has 0 aromatic carbocycles. The summed E-state index contributed by atoms with van der Waals surface area (Å²) in [5.74, 6) is 0.00135. The van der Waals surface area contributed by atoms with Crippen LogP contribution in [0.1, 0.15) is 32.7 Å². The number of likely N-dealkylation sites (tertiary alicyclic amines) is 1. The van der Waals surface area contributed by atoms with Crippen LogP contribution >= 0.6 is 0 Å². The van der Waals surface area contributed by atoms with E-state index >= 15 is 0 Å². The number of hydrogen-bond donors (Lipinski definition) is 0. The summed E-state index contributed by atoms with van der Waals surface area (Å²) >= 11 is 0. The van der Waals surface area contributed by atoms with Crippen LogP contribution in [0.15, 0.2) is 15.9 Å². The molecule has 8 heteroatoms. The van der Waals surface area contributed by atoms with Gasteiger partial charge in [0, 0.05) is 26.7 Å². The molecular formula is C15H21N5O3. The zero-order chi connectivity index (χ0) is 16.9. The molecule has 1 fully saturated rings. The Morgan fingerprint density at radius 1 is 1.17 bits per heavy atom. The van der Waals surface area contributed by atoms with Crippen LogP contribution in [0.4, 0.5) is 0 Å². The molecule has 0 N–H and O–H groups in total. The van der Waals surface area contributed by atoms with E-state index in [1.807, 2.05) is 18.7 Å². The fourth-order valence-corrected chi connectivity index (χ4v) is 3.25. The largest absolute Gasteiger partial charge is 0.338 e. The summed E-state index contributed by atoms with van der Waals surface area (Å²) in [6.07, 6.45) is 3.04. The maximum absolute atomic E-state index is 12.8. The number of hydrogen-bond acceptors (Lipinski definition) is 4. The van der Waals surface area contributed by atoms with Crippen LogP contribution < -0.4 is 11.2 Å². The van der Waals surface area contributed by atoms with Gasteiger partial charge < -0.3 is 9.47 Å². The topological polar surface area (TPSA) is 82.1 Å². The van der Waals surface area contributed by atoms with Gasteiger partial charge in [0.15, 0.2) is 11.2 Å². The molecule has 1 saturated heterocycles. The van der Waals surface area contributed by atoms with Crippen LogP contribution in [0, 0.1) is 0 Å². The molecule has 124 valence electrons. The molecule has 0 saturated carbocycles. The lowest BCUT2D eigenvalue weighted by Gasteiger charge is -2.35. The number of fused-ring (bicyclic) bond motifs is 1. The molecule has 1 aliphatic rings. The van der Waals surface area contributed by atoms with Crippen molar-refractivity contribution >= 4 is 17.1 Å². The van der Waals surface area contributed by atoms with Crippen LogP contribution in [0.5, 0.6) is 0 Å². The maximum atomic E-state index is 12.8. The molecule has 2 aromatic rings. The zero-order valence-corrected chi connectivity index (χ0v) is 13.8. The average molecular weight is 319 g/mol. The van der Waals surface area contributed by atoms with Crippen LogP contribution in [0.2, 0.25) is 0 Å². The van der Waals surface area contributed by atoms with Gasteiger partial charge in [0.2, 0.25) is 5.91 Å². The van der Waals surface area contributed by atoms with Crippen molar-refractivity contribution in [1.82, 2.24) is 23.6 Å². The molecule has 0 spiro atoms. The number of carbonyl (C=O) groups is 1. The first-order valence-corrected chi connectivity index (χ1v) is 7.77. The Kier molecular flexibility index (Phi) is 3.62. The molecule has 1 aliphatic heterocycles. The van der Waals surface area contributed by atoms with Crippen molar-refractivity contribution in [2.45, 2.75) is 38.8 Å². The predicted molar refractivity (Wildman–Crippen MR) is 85.3 cm³/mol. The highest BCUT2D eigenvalue weighted by molar-refractivity contribution is 5.83. The lowest BCUT2D eigenvalue weighted by atomic mass is 10.0. The molecule has 0 bridgehead atoms. The van der Waals surface area contributed by atoms with E-state index in [1.54, 1.807) is 11.6 Å². The van der Waals surface area contributed by atoms with E-state index in [1.165, 1.54) is 17.9 Å². The third-order valence-electron chi connectivity index (χ3n) is 4.58. The van der Waals surface area contributed by atoms with E-state index in [-0.39, 0.29) is 11.9 Å². The van der Waals surface area contributed by atoms with Gasteiger partial charge in [-0.15, -0.1) is 0 Å². The van der Waals surface area contributed by atoms with Crippen molar-refractivity contribution in [3.05, 3.63) is 27.2 Å². The Morgan fingerprint density at radius 2 is 1.87 bits per heavy atom. The summed E-state index contributed by atoms with van der Waals surface area (Å²) in [5.41, 5.74) is -0.229. The van der Waals surface area contributed by atoms with Crippen molar-refractivity contribution in [2.24, 2.45) is 14.1 Å². The number of imidazole rings is 1. The number of piperidine rings is 1. The summed E-state index contributed by atoms with van der Waals surface area (Å²) < 4.78 is 4.02. The first kappa shape index (κ1) is 15.5. The number of amides is 1. The van der Waals surface area contributed by atoms with Gasteiger partial charge in [-0.25, -0.2) is 9.78 Å². The highest BCUT2D eigenvalue weighted by Gasteiger charge is 2.33. The Bertz CT molecular complexity index is 889. The monoisotopic (exact) mass is 319 g/mol. The molecule has 0 radical (unpaired) electrons. The van der Waals surface area contributed by atoms with Gasteiger partial charge >= 0.3 is 5.69 Å². The summed E-state index contributed by atoms with van der Waals surface area (Å²) in [7, 11) is 3.01. The molecule has 8 nitrogen and oxygen atoms in total. The molecule has 0 aliphatic carbocycles. The standard InChI is InChI=1S/C15H21N5O3/c1-9(2)19-7-5-6-10(13(19)21)20-8-16-12-11(20)14(22)18(4)15(23)17(12)3/h8-10H,5-7H2,1-4H3. The van der Waals surface area contributed by atoms with Crippen molar-refractivity contribution in [3.8, 4) is 0 Å². The maximum Gasteiger partial charge on any atom is 0.332 e. The van der Waals surface area contributed by atoms with Crippen molar-refractivity contribution < 1.29 is 4.79 Å². The minimum absolute atomic E-state index is 0.00135. The van der Waals surface area contributed by atoms with E-state index in [9.17, 15) is 14.4 Å². The minimum atomic E-state index is -0.443. The van der Waals surface area contributed by atoms with Crippen LogP contribution in [0.3, 0.4) is 0 Å². The Labute approximate surface area is 132 Å². The molecule has 2 aromatic heterocycles. The van der Waals surface area contributed by atoms with E-state index in [2.05, 4.69) is 4.98 Å². The molecule has 1 amide bonds. The molecule has 3 heterocycles. The third-order valence-corrected chi connectivity index (χ3v) is 4.58. The van der Waals surface area contributed by atoms with Gasteiger partial charge in [0.25, 0.3) is 5.56 Å². The fourth-order valence-electron chi connectivity index (χ4n) is 3.25. The third kappa shape index (κ3) is 2.20. The quantitative estimate of drug-likeness (QED) is 0.780. The van der Waals surface area contributed by atoms with E-state index < -0.39 is 17.3 Å². The number of aromatic nitrogens is 4. The van der Waals surface area contributed by atoms with Crippen molar-refractivity contribution in [2.75, 3.05) is 6.54 Å². The molecular weight excluding hydrogens is 298 g/mol. The normalized spacial score (nSPS) is 19.1. The molecule has 1 atom stereocenters. The smallest absolute Gasteiger partial charge is 0.332 e. The Hall–Kier alpha value is -2.38. The summed E-state index contributed by atoms with van der Waals surface area (Å²) in [4.78, 5) is 43.3. The van der Waals surface area contributed by atoms with Crippen molar-refractivity contribution in [1.29, 1.82) is 0 Å². The first-order valence-electron chi connectivity index (χ1n) is 7.77. The van der Waals surface area contributed by atoms with E-state index in [0.717, 1.165) is 17.5 Å². The zero-order valence-electron chi connectivity index (χ0n) is 13.8. The van der Waals surface area contributed by atoms with E-state index in [4.69, 9.17) is 0 Å². The van der Waals surface area contributed by atoms with E-state index in [0.29, 0.717) is 17.6 Å². The lowest BCUT2D eigenvalue weighted by Crippen LogP contribution is -2.46. The first-order chi connectivity index (χ1) is 10.8. The Morgan fingerprint density at radius 3 is 2.52 bits per heavy atom. The predicted octanol–water partition coefficient (Wildman–Crippen LogP) is 0.00560. The summed E-state index contributed by atoms with van der Waals surface area (Å²) in [5, 5.41) is 0. The van der Waals surface area contributed by atoms with Crippen LogP contribution in [0.25, 0.3) is 11.2 Å². The fraction of sp³-hybridized carbons (Fsp3) is 0.600. The van der Waals surface area contributed by atoms with Crippen LogP contribution in [-0.4, -0.2) is 42.1 Å². The number of nitrogens with zero attached hydrogens (tertiary/aromatic N) is 5. The van der Waals surface area contributed by atoms with Gasteiger partial charge in [0.05, 0.1) is 6.33 Å². The van der Waals surface area contributed by atoms with Gasteiger partial charge in [0.1, 0.15) is 6.04 Å². The summed E-state index contributed by atoms with van der Waals surface area (Å²) in [6, 6.07) is -0.325. The van der Waals surface area contributed by atoms with Gasteiger partial charge in [-0.3, -0.25) is 18.7 Å². The van der Waals surface area contributed by atoms with Gasteiger partial charge in [-0.2, -0.15) is 0 Å².